The maximum Gasteiger partial charge on any atom is 0.416 e. The van der Waals surface area contributed by atoms with Gasteiger partial charge in [0, 0.05) is 19.3 Å². The van der Waals surface area contributed by atoms with E-state index in [4.69, 9.17) is 4.74 Å². The molecule has 0 amide bonds. The molecule has 5 heteroatoms. The molecule has 1 atom stereocenters. The molecule has 1 aliphatic carbocycles. The van der Waals surface area contributed by atoms with Crippen LogP contribution in [0.2, 0.25) is 0 Å². The molecule has 0 heterocycles. The molecular weight excluding hydrogens is 279 g/mol. The van der Waals surface area contributed by atoms with Gasteiger partial charge in [0.05, 0.1) is 5.56 Å². The summed E-state index contributed by atoms with van der Waals surface area (Å²) in [6, 6.07) is 5.40. The van der Waals surface area contributed by atoms with Gasteiger partial charge < -0.3 is 10.1 Å². The summed E-state index contributed by atoms with van der Waals surface area (Å²) in [4.78, 5) is 0. The van der Waals surface area contributed by atoms with Crippen molar-refractivity contribution in [1.82, 2.24) is 5.32 Å². The van der Waals surface area contributed by atoms with Crippen LogP contribution in [-0.2, 0) is 10.9 Å². The van der Waals surface area contributed by atoms with Gasteiger partial charge in [0.25, 0.3) is 0 Å². The SMILES string of the molecule is CC(NCCCOCC1CC1)c1ccccc1C(F)(F)F. The van der Waals surface area contributed by atoms with Crippen molar-refractivity contribution in [2.75, 3.05) is 19.8 Å². The summed E-state index contributed by atoms with van der Waals surface area (Å²) < 4.78 is 44.3. The summed E-state index contributed by atoms with van der Waals surface area (Å²) in [5.41, 5.74) is -0.265. The Labute approximate surface area is 123 Å². The lowest BCUT2D eigenvalue weighted by atomic mass is 10.0. The van der Waals surface area contributed by atoms with Crippen molar-refractivity contribution >= 4 is 0 Å². The lowest BCUT2D eigenvalue weighted by molar-refractivity contribution is -0.138. The number of ether oxygens (including phenoxy) is 1. The normalized spacial score (nSPS) is 17.0. The zero-order chi connectivity index (χ0) is 15.3. The highest BCUT2D eigenvalue weighted by Crippen LogP contribution is 2.34. The Morgan fingerprint density at radius 1 is 1.29 bits per heavy atom. The zero-order valence-corrected chi connectivity index (χ0v) is 12.2. The standard InChI is InChI=1S/C16H22F3NO/c1-12(20-9-4-10-21-11-13-7-8-13)14-5-2-3-6-15(14)16(17,18)19/h2-3,5-6,12-13,20H,4,7-11H2,1H3. The minimum atomic E-state index is -4.31. The minimum absolute atomic E-state index is 0.295. The largest absolute Gasteiger partial charge is 0.416 e. The Balaban J connectivity index is 1.75. The molecule has 1 unspecified atom stereocenters. The smallest absolute Gasteiger partial charge is 0.381 e. The van der Waals surface area contributed by atoms with Crippen molar-refractivity contribution in [2.24, 2.45) is 5.92 Å². The summed E-state index contributed by atoms with van der Waals surface area (Å²) >= 11 is 0. The maximum absolute atomic E-state index is 12.9. The number of nitrogens with one attached hydrogen (secondary N) is 1. The highest BCUT2D eigenvalue weighted by atomic mass is 19.4. The Kier molecular flexibility index (Phi) is 5.65. The van der Waals surface area contributed by atoms with E-state index in [9.17, 15) is 13.2 Å². The average Bonchev–Trinajstić information content (AvgIpc) is 3.25. The van der Waals surface area contributed by atoms with E-state index in [0.29, 0.717) is 18.7 Å². The van der Waals surface area contributed by atoms with Crippen LogP contribution in [0, 0.1) is 5.92 Å². The Morgan fingerprint density at radius 3 is 2.67 bits per heavy atom. The van der Waals surface area contributed by atoms with E-state index in [1.807, 2.05) is 0 Å². The number of benzene rings is 1. The van der Waals surface area contributed by atoms with Gasteiger partial charge in [-0.2, -0.15) is 13.2 Å². The molecule has 0 bridgehead atoms. The second kappa shape index (κ2) is 7.27. The third-order valence-corrected chi connectivity index (χ3v) is 3.70. The summed E-state index contributed by atoms with van der Waals surface area (Å²) in [6.07, 6.45) is -0.960. The second-order valence-corrected chi connectivity index (χ2v) is 5.63. The quantitative estimate of drug-likeness (QED) is 0.728. The van der Waals surface area contributed by atoms with E-state index < -0.39 is 11.7 Å². The van der Waals surface area contributed by atoms with Crippen LogP contribution in [0.25, 0.3) is 0 Å². The van der Waals surface area contributed by atoms with Crippen LogP contribution < -0.4 is 5.32 Å². The van der Waals surface area contributed by atoms with E-state index in [0.717, 1.165) is 25.0 Å². The van der Waals surface area contributed by atoms with Crippen LogP contribution in [0.1, 0.15) is 43.4 Å². The first-order chi connectivity index (χ1) is 9.98. The summed E-state index contributed by atoms with van der Waals surface area (Å²) in [5.74, 6) is 0.746. The fourth-order valence-electron chi connectivity index (χ4n) is 2.27. The molecule has 1 fully saturated rings. The first kappa shape index (κ1) is 16.3. The first-order valence-corrected chi connectivity index (χ1v) is 7.45. The van der Waals surface area contributed by atoms with Crippen molar-refractivity contribution in [3.63, 3.8) is 0 Å². The average molecular weight is 301 g/mol. The van der Waals surface area contributed by atoms with Crippen molar-refractivity contribution in [2.45, 2.75) is 38.4 Å². The van der Waals surface area contributed by atoms with Gasteiger partial charge in [-0.15, -0.1) is 0 Å². The third-order valence-electron chi connectivity index (χ3n) is 3.70. The number of alkyl halides is 3. The molecule has 1 aromatic carbocycles. The fourth-order valence-corrected chi connectivity index (χ4v) is 2.27. The predicted octanol–water partition coefficient (Wildman–Crippen LogP) is 4.17. The van der Waals surface area contributed by atoms with Crippen LogP contribution in [-0.4, -0.2) is 19.8 Å². The zero-order valence-electron chi connectivity index (χ0n) is 12.2. The van der Waals surface area contributed by atoms with Crippen molar-refractivity contribution in [1.29, 1.82) is 0 Å². The van der Waals surface area contributed by atoms with Crippen LogP contribution in [0.3, 0.4) is 0 Å². The van der Waals surface area contributed by atoms with E-state index >= 15 is 0 Å². The first-order valence-electron chi connectivity index (χ1n) is 7.45. The van der Waals surface area contributed by atoms with Gasteiger partial charge in [0.15, 0.2) is 0 Å². The van der Waals surface area contributed by atoms with Gasteiger partial charge in [0.1, 0.15) is 0 Å². The van der Waals surface area contributed by atoms with Crippen molar-refractivity contribution in [3.8, 4) is 0 Å². The Bertz CT molecular complexity index is 443. The topological polar surface area (TPSA) is 21.3 Å². The minimum Gasteiger partial charge on any atom is -0.381 e. The van der Waals surface area contributed by atoms with Crippen LogP contribution in [0.15, 0.2) is 24.3 Å². The maximum atomic E-state index is 12.9. The predicted molar refractivity (Wildman–Crippen MR) is 76.0 cm³/mol. The van der Waals surface area contributed by atoms with Gasteiger partial charge in [-0.25, -0.2) is 0 Å². The number of rotatable bonds is 8. The van der Waals surface area contributed by atoms with Crippen molar-refractivity contribution < 1.29 is 17.9 Å². The monoisotopic (exact) mass is 301 g/mol. The van der Waals surface area contributed by atoms with Crippen LogP contribution in [0.5, 0.6) is 0 Å². The fraction of sp³-hybridized carbons (Fsp3) is 0.625. The molecule has 0 saturated heterocycles. The molecule has 1 saturated carbocycles. The van der Waals surface area contributed by atoms with E-state index in [1.54, 1.807) is 13.0 Å². The molecular formula is C16H22F3NO. The molecule has 0 radical (unpaired) electrons. The molecule has 0 aromatic heterocycles. The molecule has 1 N–H and O–H groups in total. The lowest BCUT2D eigenvalue weighted by Crippen LogP contribution is -2.23. The third kappa shape index (κ3) is 5.32. The molecule has 21 heavy (non-hydrogen) atoms. The van der Waals surface area contributed by atoms with E-state index in [1.165, 1.54) is 25.0 Å². The van der Waals surface area contributed by atoms with Crippen molar-refractivity contribution in [3.05, 3.63) is 35.4 Å². The molecule has 0 spiro atoms. The molecule has 1 aromatic rings. The highest BCUT2D eigenvalue weighted by molar-refractivity contribution is 5.31. The molecule has 118 valence electrons. The summed E-state index contributed by atoms with van der Waals surface area (Å²) in [7, 11) is 0. The van der Waals surface area contributed by atoms with Crippen LogP contribution >= 0.6 is 0 Å². The van der Waals surface area contributed by atoms with Gasteiger partial charge in [0.2, 0.25) is 0 Å². The number of hydrogen-bond acceptors (Lipinski definition) is 2. The number of hydrogen-bond donors (Lipinski definition) is 1. The molecule has 1 aliphatic rings. The van der Waals surface area contributed by atoms with E-state index in [2.05, 4.69) is 5.32 Å². The molecule has 2 rings (SSSR count). The number of halogens is 3. The van der Waals surface area contributed by atoms with Gasteiger partial charge >= 0.3 is 6.18 Å². The summed E-state index contributed by atoms with van der Waals surface area (Å²) in [6.45, 7) is 3.90. The highest BCUT2D eigenvalue weighted by Gasteiger charge is 2.33. The Hall–Kier alpha value is -1.07. The Morgan fingerprint density at radius 2 is 2.00 bits per heavy atom. The van der Waals surface area contributed by atoms with E-state index in [-0.39, 0.29) is 6.04 Å². The lowest BCUT2D eigenvalue weighted by Gasteiger charge is -2.19. The molecule has 0 aliphatic heterocycles. The molecule has 2 nitrogen and oxygen atoms in total. The van der Waals surface area contributed by atoms with Crippen LogP contribution in [0.4, 0.5) is 13.2 Å². The van der Waals surface area contributed by atoms with Gasteiger partial charge in [-0.05, 0) is 50.3 Å². The second-order valence-electron chi connectivity index (χ2n) is 5.63. The summed E-state index contributed by atoms with van der Waals surface area (Å²) in [5, 5.41) is 3.14. The van der Waals surface area contributed by atoms with Gasteiger partial charge in [-0.3, -0.25) is 0 Å². The van der Waals surface area contributed by atoms with Gasteiger partial charge in [-0.1, -0.05) is 18.2 Å².